The van der Waals surface area contributed by atoms with Crippen molar-refractivity contribution in [2.45, 2.75) is 45.3 Å². The first-order chi connectivity index (χ1) is 10.1. The number of para-hydroxylation sites is 1. The van der Waals surface area contributed by atoms with Gasteiger partial charge >= 0.3 is 0 Å². The highest BCUT2D eigenvalue weighted by Gasteiger charge is 2.30. The Morgan fingerprint density at radius 1 is 1.43 bits per heavy atom. The zero-order chi connectivity index (χ0) is 15.2. The van der Waals surface area contributed by atoms with Gasteiger partial charge in [0.1, 0.15) is 0 Å². The zero-order valence-electron chi connectivity index (χ0n) is 13.0. The minimum absolute atomic E-state index is 0.170. The second-order valence-corrected chi connectivity index (χ2v) is 5.82. The molecule has 4 heteroatoms. The Balaban J connectivity index is 1.99. The van der Waals surface area contributed by atoms with Crippen LogP contribution >= 0.6 is 0 Å². The second-order valence-electron chi connectivity index (χ2n) is 5.82. The van der Waals surface area contributed by atoms with Crippen LogP contribution in [-0.4, -0.2) is 47.7 Å². The Morgan fingerprint density at radius 2 is 2.14 bits per heavy atom. The molecule has 2 rings (SSSR count). The van der Waals surface area contributed by atoms with Crippen LogP contribution in [0.5, 0.6) is 0 Å². The number of aliphatic hydroxyl groups is 1. The number of benzene rings is 1. The SMILES string of the molecule is CCN(CC(=O)N1CCCC1CC(C)O)c1ccccc1. The van der Waals surface area contributed by atoms with Gasteiger partial charge in [-0.1, -0.05) is 18.2 Å². The van der Waals surface area contributed by atoms with Crippen LogP contribution in [0.4, 0.5) is 5.69 Å². The number of carbonyl (C=O) groups excluding carboxylic acids is 1. The molecule has 1 saturated heterocycles. The van der Waals surface area contributed by atoms with Gasteiger partial charge in [-0.2, -0.15) is 0 Å². The Labute approximate surface area is 127 Å². The Hall–Kier alpha value is -1.55. The number of hydrogen-bond donors (Lipinski definition) is 1. The molecule has 0 saturated carbocycles. The Bertz CT molecular complexity index is 447. The minimum Gasteiger partial charge on any atom is -0.393 e. The van der Waals surface area contributed by atoms with Crippen LogP contribution in [0.1, 0.15) is 33.1 Å². The van der Waals surface area contributed by atoms with Crippen LogP contribution in [0.15, 0.2) is 30.3 Å². The van der Waals surface area contributed by atoms with Crippen molar-refractivity contribution in [3.05, 3.63) is 30.3 Å². The summed E-state index contributed by atoms with van der Waals surface area (Å²) in [4.78, 5) is 16.6. The van der Waals surface area contributed by atoms with Crippen LogP contribution in [-0.2, 0) is 4.79 Å². The number of likely N-dealkylation sites (N-methyl/N-ethyl adjacent to an activating group) is 1. The number of carbonyl (C=O) groups is 1. The first-order valence-electron chi connectivity index (χ1n) is 7.89. The molecule has 0 aromatic heterocycles. The molecule has 116 valence electrons. The molecule has 2 unspecified atom stereocenters. The molecule has 1 amide bonds. The van der Waals surface area contributed by atoms with Crippen molar-refractivity contribution in [3.8, 4) is 0 Å². The fraction of sp³-hybridized carbons (Fsp3) is 0.588. The van der Waals surface area contributed by atoms with Crippen molar-refractivity contribution >= 4 is 11.6 Å². The summed E-state index contributed by atoms with van der Waals surface area (Å²) in [5.41, 5.74) is 1.08. The van der Waals surface area contributed by atoms with Gasteiger partial charge in [-0.15, -0.1) is 0 Å². The van der Waals surface area contributed by atoms with Gasteiger partial charge in [0.25, 0.3) is 0 Å². The Kier molecular flexibility index (Phi) is 5.62. The molecule has 1 fully saturated rings. The lowest BCUT2D eigenvalue weighted by Crippen LogP contribution is -2.43. The lowest BCUT2D eigenvalue weighted by atomic mass is 10.1. The number of rotatable bonds is 6. The maximum absolute atomic E-state index is 12.6. The number of anilines is 1. The highest BCUT2D eigenvalue weighted by Crippen LogP contribution is 2.22. The maximum atomic E-state index is 12.6. The van der Waals surface area contributed by atoms with Gasteiger partial charge in [-0.3, -0.25) is 4.79 Å². The van der Waals surface area contributed by atoms with Crippen LogP contribution in [0.2, 0.25) is 0 Å². The van der Waals surface area contributed by atoms with E-state index in [0.29, 0.717) is 13.0 Å². The fourth-order valence-corrected chi connectivity index (χ4v) is 3.08. The third-order valence-electron chi connectivity index (χ3n) is 4.14. The summed E-state index contributed by atoms with van der Waals surface area (Å²) in [6.07, 6.45) is 2.39. The van der Waals surface area contributed by atoms with E-state index in [4.69, 9.17) is 0 Å². The molecule has 2 atom stereocenters. The van der Waals surface area contributed by atoms with Gasteiger partial charge in [0.2, 0.25) is 5.91 Å². The van der Waals surface area contributed by atoms with Gasteiger partial charge in [-0.25, -0.2) is 0 Å². The van der Waals surface area contributed by atoms with Crippen LogP contribution in [0.3, 0.4) is 0 Å². The van der Waals surface area contributed by atoms with E-state index in [1.165, 1.54) is 0 Å². The largest absolute Gasteiger partial charge is 0.393 e. The monoisotopic (exact) mass is 290 g/mol. The third kappa shape index (κ3) is 4.21. The zero-order valence-corrected chi connectivity index (χ0v) is 13.0. The highest BCUT2D eigenvalue weighted by atomic mass is 16.3. The molecule has 1 aromatic rings. The molecule has 0 bridgehead atoms. The summed E-state index contributed by atoms with van der Waals surface area (Å²) in [6.45, 7) is 5.91. The van der Waals surface area contributed by atoms with Crippen LogP contribution < -0.4 is 4.90 Å². The molecular weight excluding hydrogens is 264 g/mol. The predicted molar refractivity (Wildman–Crippen MR) is 85.4 cm³/mol. The van der Waals surface area contributed by atoms with Crippen molar-refractivity contribution in [2.24, 2.45) is 0 Å². The van der Waals surface area contributed by atoms with Crippen LogP contribution in [0, 0.1) is 0 Å². The smallest absolute Gasteiger partial charge is 0.242 e. The molecule has 1 N–H and O–H groups in total. The van der Waals surface area contributed by atoms with Crippen molar-refractivity contribution in [2.75, 3.05) is 24.5 Å². The number of nitrogens with zero attached hydrogens (tertiary/aromatic N) is 2. The quantitative estimate of drug-likeness (QED) is 0.874. The normalized spacial score (nSPS) is 19.6. The molecule has 4 nitrogen and oxygen atoms in total. The van der Waals surface area contributed by atoms with E-state index in [-0.39, 0.29) is 18.1 Å². The van der Waals surface area contributed by atoms with Crippen LogP contribution in [0.25, 0.3) is 0 Å². The summed E-state index contributed by atoms with van der Waals surface area (Å²) in [7, 11) is 0. The van der Waals surface area contributed by atoms with E-state index in [2.05, 4.69) is 11.8 Å². The van der Waals surface area contributed by atoms with Gasteiger partial charge in [0.05, 0.1) is 12.6 Å². The van der Waals surface area contributed by atoms with E-state index < -0.39 is 0 Å². The predicted octanol–water partition coefficient (Wildman–Crippen LogP) is 2.27. The molecule has 21 heavy (non-hydrogen) atoms. The summed E-state index contributed by atoms with van der Waals surface area (Å²) in [5.74, 6) is 0.170. The van der Waals surface area contributed by atoms with Crippen molar-refractivity contribution < 1.29 is 9.90 Å². The number of amides is 1. The first kappa shape index (κ1) is 15.8. The van der Waals surface area contributed by atoms with E-state index in [1.807, 2.05) is 35.2 Å². The third-order valence-corrected chi connectivity index (χ3v) is 4.14. The standard InChI is InChI=1S/C17H26N2O2/c1-3-18(15-8-5-4-6-9-15)13-17(21)19-11-7-10-16(19)12-14(2)20/h4-6,8-9,14,16,20H,3,7,10-13H2,1-2H3. The first-order valence-corrected chi connectivity index (χ1v) is 7.89. The fourth-order valence-electron chi connectivity index (χ4n) is 3.08. The lowest BCUT2D eigenvalue weighted by Gasteiger charge is -2.29. The van der Waals surface area contributed by atoms with E-state index in [9.17, 15) is 9.90 Å². The number of likely N-dealkylation sites (tertiary alicyclic amines) is 1. The summed E-state index contributed by atoms with van der Waals surface area (Å²) < 4.78 is 0. The molecule has 0 spiro atoms. The topological polar surface area (TPSA) is 43.8 Å². The van der Waals surface area contributed by atoms with Crippen molar-refractivity contribution in [1.82, 2.24) is 4.90 Å². The van der Waals surface area contributed by atoms with Gasteiger partial charge in [0.15, 0.2) is 0 Å². The summed E-state index contributed by atoms with van der Waals surface area (Å²) in [6, 6.07) is 10.2. The number of hydrogen-bond acceptors (Lipinski definition) is 3. The van der Waals surface area contributed by atoms with E-state index in [1.54, 1.807) is 6.92 Å². The molecule has 0 aliphatic carbocycles. The molecular formula is C17H26N2O2. The van der Waals surface area contributed by atoms with E-state index >= 15 is 0 Å². The second kappa shape index (κ2) is 7.46. The minimum atomic E-state index is -0.347. The highest BCUT2D eigenvalue weighted by molar-refractivity contribution is 5.82. The molecule has 1 aliphatic heterocycles. The maximum Gasteiger partial charge on any atom is 0.242 e. The summed E-state index contributed by atoms with van der Waals surface area (Å²) >= 11 is 0. The number of aliphatic hydroxyl groups excluding tert-OH is 1. The van der Waals surface area contributed by atoms with E-state index in [0.717, 1.165) is 31.6 Å². The van der Waals surface area contributed by atoms with Gasteiger partial charge in [-0.05, 0) is 45.2 Å². The molecule has 1 heterocycles. The van der Waals surface area contributed by atoms with Gasteiger partial charge < -0.3 is 14.9 Å². The average molecular weight is 290 g/mol. The summed E-state index contributed by atoms with van der Waals surface area (Å²) in [5, 5.41) is 9.57. The molecule has 1 aromatic carbocycles. The van der Waals surface area contributed by atoms with Gasteiger partial charge in [0, 0.05) is 24.8 Å². The average Bonchev–Trinajstić information content (AvgIpc) is 2.93. The molecule has 1 aliphatic rings. The molecule has 0 radical (unpaired) electrons. The van der Waals surface area contributed by atoms with Crippen molar-refractivity contribution in [1.29, 1.82) is 0 Å². The van der Waals surface area contributed by atoms with Crippen molar-refractivity contribution in [3.63, 3.8) is 0 Å². The lowest BCUT2D eigenvalue weighted by molar-refractivity contribution is -0.130. The Morgan fingerprint density at radius 3 is 2.76 bits per heavy atom.